The smallest absolute Gasteiger partial charge is 0.323 e. The van der Waals surface area contributed by atoms with E-state index in [9.17, 15) is 9.90 Å². The van der Waals surface area contributed by atoms with E-state index in [1.165, 1.54) is 12.0 Å². The van der Waals surface area contributed by atoms with E-state index in [0.29, 0.717) is 5.92 Å². The molecule has 2 atom stereocenters. The lowest BCUT2D eigenvalue weighted by atomic mass is 9.60. The van der Waals surface area contributed by atoms with Gasteiger partial charge in [-0.1, -0.05) is 97.3 Å². The molecule has 4 nitrogen and oxygen atoms in total. The molecule has 4 heteroatoms. The zero-order valence-electron chi connectivity index (χ0n) is 21.2. The molecular formula is C28H48N2O2. The first-order valence-electron chi connectivity index (χ1n) is 13.3. The third-order valence-electron chi connectivity index (χ3n) is 7.89. The number of carboxylic acids is 1. The molecule has 0 saturated heterocycles. The van der Waals surface area contributed by atoms with Gasteiger partial charge in [-0.2, -0.15) is 0 Å². The van der Waals surface area contributed by atoms with Gasteiger partial charge in [0.2, 0.25) is 0 Å². The van der Waals surface area contributed by atoms with Gasteiger partial charge in [-0.25, -0.2) is 0 Å². The van der Waals surface area contributed by atoms with Crippen molar-refractivity contribution in [2.75, 3.05) is 11.4 Å². The number of hydrogen-bond acceptors (Lipinski definition) is 3. The average molecular weight is 445 g/mol. The Morgan fingerprint density at radius 2 is 1.53 bits per heavy atom. The van der Waals surface area contributed by atoms with Crippen LogP contribution >= 0.6 is 0 Å². The van der Waals surface area contributed by atoms with E-state index < -0.39 is 11.5 Å². The highest BCUT2D eigenvalue weighted by molar-refractivity contribution is 5.76. The van der Waals surface area contributed by atoms with Crippen LogP contribution in [0.5, 0.6) is 0 Å². The number of fused-ring (bicyclic) bond motifs is 1. The van der Waals surface area contributed by atoms with Gasteiger partial charge in [-0.3, -0.25) is 4.79 Å². The molecule has 0 saturated carbocycles. The maximum absolute atomic E-state index is 12.2. The standard InChI is InChI=1S/C28H48N2O2/c1-5-9-16-24-21-23-15-13-14-17-25(23)30(22-26(31)32)27(18-10-6-2,19-11-7-3)28(24,29)20-12-8-4/h13-15,17,24H,5-12,16,18-22,29H2,1-4H3,(H,31,32)/t24-,28-/m0/s1. The van der Waals surface area contributed by atoms with Crippen LogP contribution in [0.3, 0.4) is 0 Å². The Bertz CT molecular complexity index is 696. The van der Waals surface area contributed by atoms with Crippen molar-refractivity contribution in [3.05, 3.63) is 29.8 Å². The molecule has 3 N–H and O–H groups in total. The average Bonchev–Trinajstić information content (AvgIpc) is 2.86. The molecular weight excluding hydrogens is 396 g/mol. The summed E-state index contributed by atoms with van der Waals surface area (Å²) >= 11 is 0. The lowest BCUT2D eigenvalue weighted by Crippen LogP contribution is -2.72. The summed E-state index contributed by atoms with van der Waals surface area (Å²) in [7, 11) is 0. The van der Waals surface area contributed by atoms with Crippen LogP contribution in [-0.2, 0) is 11.2 Å². The number of nitrogens with two attached hydrogens (primary N) is 1. The molecule has 0 aromatic heterocycles. The molecule has 0 fully saturated rings. The third-order valence-corrected chi connectivity index (χ3v) is 7.89. The van der Waals surface area contributed by atoms with Crippen LogP contribution in [0.1, 0.15) is 110 Å². The van der Waals surface area contributed by atoms with Crippen LogP contribution < -0.4 is 10.6 Å². The molecule has 0 unspecified atom stereocenters. The maximum Gasteiger partial charge on any atom is 0.323 e. The minimum absolute atomic E-state index is 0.0238. The summed E-state index contributed by atoms with van der Waals surface area (Å²) in [4.78, 5) is 14.5. The van der Waals surface area contributed by atoms with Gasteiger partial charge in [-0.15, -0.1) is 0 Å². The summed E-state index contributed by atoms with van der Waals surface area (Å²) in [5.41, 5.74) is 9.34. The first kappa shape index (κ1) is 26.7. The van der Waals surface area contributed by atoms with Crippen LogP contribution in [-0.4, -0.2) is 28.7 Å². The molecule has 0 spiro atoms. The number of para-hydroxylation sites is 1. The Morgan fingerprint density at radius 3 is 2.09 bits per heavy atom. The predicted octanol–water partition coefficient (Wildman–Crippen LogP) is 6.95. The van der Waals surface area contributed by atoms with Gasteiger partial charge in [0, 0.05) is 11.2 Å². The lowest BCUT2D eigenvalue weighted by molar-refractivity contribution is -0.135. The van der Waals surface area contributed by atoms with E-state index in [1.807, 2.05) is 0 Å². The van der Waals surface area contributed by atoms with Crippen molar-refractivity contribution in [3.8, 4) is 0 Å². The van der Waals surface area contributed by atoms with E-state index in [0.717, 1.165) is 82.7 Å². The molecule has 182 valence electrons. The summed E-state index contributed by atoms with van der Waals surface area (Å²) in [6.45, 7) is 8.99. The molecule has 1 aromatic carbocycles. The molecule has 0 aliphatic carbocycles. The van der Waals surface area contributed by atoms with Crippen molar-refractivity contribution in [1.82, 2.24) is 0 Å². The van der Waals surface area contributed by atoms with Gasteiger partial charge >= 0.3 is 5.97 Å². The molecule has 32 heavy (non-hydrogen) atoms. The molecule has 0 bridgehead atoms. The quantitative estimate of drug-likeness (QED) is 0.326. The molecule has 1 aliphatic heterocycles. The van der Waals surface area contributed by atoms with E-state index in [4.69, 9.17) is 5.73 Å². The summed E-state index contributed by atoms with van der Waals surface area (Å²) in [5.74, 6) is -0.398. The molecule has 2 rings (SSSR count). The summed E-state index contributed by atoms with van der Waals surface area (Å²) in [5, 5.41) is 10.0. The van der Waals surface area contributed by atoms with Gasteiger partial charge < -0.3 is 15.7 Å². The van der Waals surface area contributed by atoms with Gasteiger partial charge in [-0.05, 0) is 49.7 Å². The Kier molecular flexibility index (Phi) is 10.5. The van der Waals surface area contributed by atoms with Gasteiger partial charge in [0.15, 0.2) is 0 Å². The summed E-state index contributed by atoms with van der Waals surface area (Å²) in [6, 6.07) is 8.52. The monoisotopic (exact) mass is 444 g/mol. The van der Waals surface area contributed by atoms with Crippen LogP contribution in [0.15, 0.2) is 24.3 Å². The SMILES string of the molecule is CCCC[C@H]1Cc2ccccc2N(CC(=O)O)C(CCCC)(CCCC)[C@]1(N)CCCC. The fraction of sp³-hybridized carbons (Fsp3) is 0.750. The largest absolute Gasteiger partial charge is 0.480 e. The van der Waals surface area contributed by atoms with Gasteiger partial charge in [0.1, 0.15) is 6.54 Å². The molecule has 1 heterocycles. The first-order valence-corrected chi connectivity index (χ1v) is 13.3. The normalized spacial score (nSPS) is 22.4. The van der Waals surface area contributed by atoms with E-state index in [2.05, 4.69) is 56.9 Å². The number of aliphatic carboxylic acids is 1. The zero-order chi connectivity index (χ0) is 23.6. The maximum atomic E-state index is 12.2. The Morgan fingerprint density at radius 1 is 0.969 bits per heavy atom. The lowest BCUT2D eigenvalue weighted by Gasteiger charge is -2.57. The number of hydrogen-bond donors (Lipinski definition) is 2. The number of rotatable bonds is 14. The molecule has 1 aliphatic rings. The van der Waals surface area contributed by atoms with Crippen LogP contribution in [0.2, 0.25) is 0 Å². The van der Waals surface area contributed by atoms with Gasteiger partial charge in [0.25, 0.3) is 0 Å². The highest BCUT2D eigenvalue weighted by atomic mass is 16.4. The van der Waals surface area contributed by atoms with E-state index in [1.54, 1.807) is 0 Å². The fourth-order valence-electron chi connectivity index (χ4n) is 6.14. The van der Waals surface area contributed by atoms with E-state index >= 15 is 0 Å². The van der Waals surface area contributed by atoms with E-state index in [-0.39, 0.29) is 12.1 Å². The Hall–Kier alpha value is -1.55. The number of benzene rings is 1. The first-order chi connectivity index (χ1) is 15.4. The molecule has 0 radical (unpaired) electrons. The second-order valence-electron chi connectivity index (χ2n) is 10.0. The minimum Gasteiger partial charge on any atom is -0.480 e. The second kappa shape index (κ2) is 12.6. The van der Waals surface area contributed by atoms with Crippen molar-refractivity contribution in [3.63, 3.8) is 0 Å². The predicted molar refractivity (Wildman–Crippen MR) is 136 cm³/mol. The summed E-state index contributed by atoms with van der Waals surface area (Å²) in [6.07, 6.45) is 13.9. The highest BCUT2D eigenvalue weighted by Gasteiger charge is 2.56. The van der Waals surface area contributed by atoms with Crippen molar-refractivity contribution in [1.29, 1.82) is 0 Å². The molecule has 0 amide bonds. The van der Waals surface area contributed by atoms with Crippen molar-refractivity contribution in [2.45, 2.75) is 122 Å². The number of carboxylic acid groups (broad SMARTS) is 1. The Balaban J connectivity index is 2.80. The van der Waals surface area contributed by atoms with Crippen molar-refractivity contribution >= 4 is 11.7 Å². The van der Waals surface area contributed by atoms with Crippen LogP contribution in [0.4, 0.5) is 5.69 Å². The zero-order valence-corrected chi connectivity index (χ0v) is 21.2. The number of carbonyl (C=O) groups is 1. The topological polar surface area (TPSA) is 66.6 Å². The highest BCUT2D eigenvalue weighted by Crippen LogP contribution is 2.51. The van der Waals surface area contributed by atoms with Crippen LogP contribution in [0.25, 0.3) is 0 Å². The second-order valence-corrected chi connectivity index (χ2v) is 10.0. The molecule has 1 aromatic rings. The number of nitrogens with zero attached hydrogens (tertiary/aromatic N) is 1. The Labute approximate surface area is 197 Å². The van der Waals surface area contributed by atoms with Gasteiger partial charge in [0.05, 0.1) is 5.54 Å². The summed E-state index contributed by atoms with van der Waals surface area (Å²) < 4.78 is 0. The number of unbranched alkanes of at least 4 members (excludes halogenated alkanes) is 4. The fourth-order valence-corrected chi connectivity index (χ4v) is 6.14. The van der Waals surface area contributed by atoms with Crippen LogP contribution in [0, 0.1) is 5.92 Å². The third kappa shape index (κ3) is 5.68. The van der Waals surface area contributed by atoms with Crippen molar-refractivity contribution in [2.24, 2.45) is 11.7 Å². The van der Waals surface area contributed by atoms with Crippen molar-refractivity contribution < 1.29 is 9.90 Å². The number of anilines is 1. The minimum atomic E-state index is -0.762.